The topological polar surface area (TPSA) is 41.9 Å². The summed E-state index contributed by atoms with van der Waals surface area (Å²) in [6, 6.07) is 6.21. The van der Waals surface area contributed by atoms with Gasteiger partial charge in [-0.2, -0.15) is 0 Å². The maximum Gasteiger partial charge on any atom is 0.119 e. The first-order chi connectivity index (χ1) is 10.1. The van der Waals surface area contributed by atoms with Gasteiger partial charge in [0.25, 0.3) is 0 Å². The molecule has 0 aliphatic carbocycles. The Hall–Kier alpha value is -1.54. The Morgan fingerprint density at radius 2 is 2.10 bits per heavy atom. The summed E-state index contributed by atoms with van der Waals surface area (Å²) in [6.07, 6.45) is 0.487. The number of aliphatic hydroxyl groups is 1. The maximum absolute atomic E-state index is 8.83. The van der Waals surface area contributed by atoms with E-state index in [0.29, 0.717) is 19.1 Å². The van der Waals surface area contributed by atoms with Crippen molar-refractivity contribution >= 4 is 0 Å². The van der Waals surface area contributed by atoms with Crippen LogP contribution in [-0.4, -0.2) is 50.5 Å². The van der Waals surface area contributed by atoms with Gasteiger partial charge in [-0.05, 0) is 37.7 Å². The average Bonchev–Trinajstić information content (AvgIpc) is 2.49. The molecule has 1 rings (SSSR count). The molecule has 0 radical (unpaired) electrons. The number of hydrogen-bond donors (Lipinski definition) is 1. The van der Waals surface area contributed by atoms with Crippen LogP contribution in [0.2, 0.25) is 0 Å². The molecule has 0 saturated carbocycles. The first-order valence-corrected chi connectivity index (χ1v) is 7.08. The Labute approximate surface area is 127 Å². The molecule has 1 N–H and O–H groups in total. The second-order valence-electron chi connectivity index (χ2n) is 5.02. The number of aliphatic hydroxyl groups excluding tert-OH is 1. The summed E-state index contributed by atoms with van der Waals surface area (Å²) in [5, 5.41) is 8.83. The lowest BCUT2D eigenvalue weighted by Gasteiger charge is -2.24. The van der Waals surface area contributed by atoms with Crippen molar-refractivity contribution in [1.29, 1.82) is 0 Å². The molecular weight excluding hydrogens is 266 g/mol. The molecular formula is C17H25NO3. The van der Waals surface area contributed by atoms with E-state index in [1.54, 1.807) is 14.2 Å². The van der Waals surface area contributed by atoms with Gasteiger partial charge < -0.3 is 14.6 Å². The Bertz CT molecular complexity index is 491. The molecule has 0 aliphatic heterocycles. The van der Waals surface area contributed by atoms with Gasteiger partial charge in [0.05, 0.1) is 20.3 Å². The predicted molar refractivity (Wildman–Crippen MR) is 84.4 cm³/mol. The largest absolute Gasteiger partial charge is 0.497 e. The van der Waals surface area contributed by atoms with Crippen molar-refractivity contribution in [2.75, 3.05) is 34.5 Å². The molecule has 1 aromatic carbocycles. The molecule has 4 heteroatoms. The van der Waals surface area contributed by atoms with Crippen molar-refractivity contribution in [3.05, 3.63) is 29.3 Å². The lowest BCUT2D eigenvalue weighted by molar-refractivity contribution is 0.112. The molecule has 21 heavy (non-hydrogen) atoms. The zero-order chi connectivity index (χ0) is 15.7. The Balaban J connectivity index is 2.93. The minimum atomic E-state index is 0.0866. The molecule has 1 aromatic rings. The first-order valence-electron chi connectivity index (χ1n) is 7.08. The number of benzene rings is 1. The molecule has 0 aliphatic rings. The highest BCUT2D eigenvalue weighted by Crippen LogP contribution is 2.19. The molecule has 0 bridgehead atoms. The molecule has 0 heterocycles. The predicted octanol–water partition coefficient (Wildman–Crippen LogP) is 1.90. The van der Waals surface area contributed by atoms with Gasteiger partial charge in [-0.3, -0.25) is 4.90 Å². The number of methoxy groups -OCH3 is 2. The molecule has 4 nitrogen and oxygen atoms in total. The second kappa shape index (κ2) is 9.41. The van der Waals surface area contributed by atoms with E-state index in [1.165, 1.54) is 0 Å². The van der Waals surface area contributed by atoms with Crippen molar-refractivity contribution in [1.82, 2.24) is 4.90 Å². The summed E-state index contributed by atoms with van der Waals surface area (Å²) in [6.45, 7) is 3.67. The molecule has 0 amide bonds. The van der Waals surface area contributed by atoms with E-state index in [2.05, 4.69) is 30.7 Å². The third-order valence-corrected chi connectivity index (χ3v) is 3.35. The summed E-state index contributed by atoms with van der Waals surface area (Å²) in [5.41, 5.74) is 2.09. The summed E-state index contributed by atoms with van der Waals surface area (Å²) in [5.74, 6) is 6.92. The highest BCUT2D eigenvalue weighted by molar-refractivity contribution is 5.45. The van der Waals surface area contributed by atoms with Crippen LogP contribution in [0.3, 0.4) is 0 Å². The highest BCUT2D eigenvalue weighted by atomic mass is 16.5. The fourth-order valence-electron chi connectivity index (χ4n) is 1.96. The molecule has 116 valence electrons. The van der Waals surface area contributed by atoms with Gasteiger partial charge in [0.2, 0.25) is 0 Å². The summed E-state index contributed by atoms with van der Waals surface area (Å²) >= 11 is 0. The van der Waals surface area contributed by atoms with Crippen molar-refractivity contribution in [3.8, 4) is 17.6 Å². The van der Waals surface area contributed by atoms with Gasteiger partial charge in [-0.15, -0.1) is 0 Å². The number of nitrogens with zero attached hydrogens (tertiary/aromatic N) is 1. The lowest BCUT2D eigenvalue weighted by Crippen LogP contribution is -2.32. The number of rotatable bonds is 7. The van der Waals surface area contributed by atoms with E-state index in [4.69, 9.17) is 14.6 Å². The van der Waals surface area contributed by atoms with E-state index in [1.807, 2.05) is 18.2 Å². The summed E-state index contributed by atoms with van der Waals surface area (Å²) in [7, 11) is 5.43. The first kappa shape index (κ1) is 17.5. The molecule has 1 unspecified atom stereocenters. The smallest absolute Gasteiger partial charge is 0.119 e. The number of likely N-dealkylation sites (N-methyl/N-ethyl adjacent to an activating group) is 1. The van der Waals surface area contributed by atoms with Crippen molar-refractivity contribution < 1.29 is 14.6 Å². The van der Waals surface area contributed by atoms with Crippen LogP contribution in [0, 0.1) is 11.8 Å². The Kier molecular flexibility index (Phi) is 7.84. The summed E-state index contributed by atoms with van der Waals surface area (Å²) < 4.78 is 10.5. The molecule has 0 spiro atoms. The van der Waals surface area contributed by atoms with Crippen molar-refractivity contribution in [3.63, 3.8) is 0 Å². The second-order valence-corrected chi connectivity index (χ2v) is 5.02. The fraction of sp³-hybridized carbons (Fsp3) is 0.529. The van der Waals surface area contributed by atoms with E-state index < -0.39 is 0 Å². The molecule has 1 atom stereocenters. The number of hydrogen-bond acceptors (Lipinski definition) is 4. The molecule has 0 fully saturated rings. The van der Waals surface area contributed by atoms with Gasteiger partial charge in [0, 0.05) is 31.7 Å². The zero-order valence-corrected chi connectivity index (χ0v) is 13.3. The maximum atomic E-state index is 8.83. The normalized spacial score (nSPS) is 11.9. The van der Waals surface area contributed by atoms with E-state index in [-0.39, 0.29) is 6.61 Å². The standard InChI is InChI=1S/C17H25NO3/c1-14(13-20-3)18(2)12-16-11-17(21-4)9-8-15(16)7-5-6-10-19/h8-9,11,14,19H,6,10,12-13H2,1-4H3. The molecule has 0 saturated heterocycles. The monoisotopic (exact) mass is 291 g/mol. The van der Waals surface area contributed by atoms with Crippen LogP contribution >= 0.6 is 0 Å². The van der Waals surface area contributed by atoms with Crippen LogP contribution in [0.4, 0.5) is 0 Å². The van der Waals surface area contributed by atoms with Crippen LogP contribution in [0.1, 0.15) is 24.5 Å². The minimum absolute atomic E-state index is 0.0866. The van der Waals surface area contributed by atoms with Crippen molar-refractivity contribution in [2.45, 2.75) is 25.9 Å². The lowest BCUT2D eigenvalue weighted by atomic mass is 10.1. The van der Waals surface area contributed by atoms with Gasteiger partial charge in [0.1, 0.15) is 5.75 Å². The fourth-order valence-corrected chi connectivity index (χ4v) is 1.96. The van der Waals surface area contributed by atoms with Crippen LogP contribution in [0.25, 0.3) is 0 Å². The zero-order valence-electron chi connectivity index (χ0n) is 13.3. The average molecular weight is 291 g/mol. The number of ether oxygens (including phenoxy) is 2. The van der Waals surface area contributed by atoms with Crippen LogP contribution in [0.5, 0.6) is 5.75 Å². The summed E-state index contributed by atoms with van der Waals surface area (Å²) in [4.78, 5) is 2.22. The molecule has 0 aromatic heterocycles. The van der Waals surface area contributed by atoms with Crippen LogP contribution in [0.15, 0.2) is 18.2 Å². The van der Waals surface area contributed by atoms with Gasteiger partial charge in [-0.1, -0.05) is 11.8 Å². The van der Waals surface area contributed by atoms with Gasteiger partial charge >= 0.3 is 0 Å². The quantitative estimate of drug-likeness (QED) is 0.779. The Morgan fingerprint density at radius 1 is 1.33 bits per heavy atom. The highest BCUT2D eigenvalue weighted by Gasteiger charge is 2.12. The van der Waals surface area contributed by atoms with Gasteiger partial charge in [0.15, 0.2) is 0 Å². The Morgan fingerprint density at radius 3 is 2.71 bits per heavy atom. The van der Waals surface area contributed by atoms with Crippen LogP contribution in [-0.2, 0) is 11.3 Å². The van der Waals surface area contributed by atoms with E-state index in [9.17, 15) is 0 Å². The van der Waals surface area contributed by atoms with E-state index in [0.717, 1.165) is 23.4 Å². The van der Waals surface area contributed by atoms with Crippen LogP contribution < -0.4 is 4.74 Å². The SMILES string of the molecule is COCC(C)N(C)Cc1cc(OC)ccc1C#CCCO. The third kappa shape index (κ3) is 5.76. The van der Waals surface area contributed by atoms with E-state index >= 15 is 0 Å². The van der Waals surface area contributed by atoms with Crippen molar-refractivity contribution in [2.24, 2.45) is 0 Å². The third-order valence-electron chi connectivity index (χ3n) is 3.35. The minimum Gasteiger partial charge on any atom is -0.497 e. The van der Waals surface area contributed by atoms with Gasteiger partial charge in [-0.25, -0.2) is 0 Å².